The zero-order valence-corrected chi connectivity index (χ0v) is 16.9. The molecule has 136 valence electrons. The van der Waals surface area contributed by atoms with Crippen molar-refractivity contribution in [2.45, 2.75) is 66.9 Å². The summed E-state index contributed by atoms with van der Waals surface area (Å²) >= 11 is 0. The average molecular weight is 347 g/mol. The highest BCUT2D eigenvalue weighted by molar-refractivity contribution is 7.57. The summed E-state index contributed by atoms with van der Waals surface area (Å²) < 4.78 is 17.5. The number of carbonyl (C=O) groups is 2. The molecule has 0 aliphatic heterocycles. The Hall–Kier alpha value is -0.670. The standard InChI is InChI=1S/C17H34NO4P/c1-9-17(5,6)14(22-23(7,8)21)15(20)18-11-10-13(19)12-16(2,3)4/h14H,9-12H2,1-8H3,(H,18,20)/t14-/m0/s1. The quantitative estimate of drug-likeness (QED) is 0.643. The van der Waals surface area contributed by atoms with Crippen molar-refractivity contribution in [3.05, 3.63) is 0 Å². The van der Waals surface area contributed by atoms with Crippen molar-refractivity contribution in [1.29, 1.82) is 0 Å². The summed E-state index contributed by atoms with van der Waals surface area (Å²) in [6, 6.07) is 0. The Labute approximate surface area is 141 Å². The Balaban J connectivity index is 4.69. The molecule has 5 nitrogen and oxygen atoms in total. The Kier molecular flexibility index (Phi) is 8.19. The summed E-state index contributed by atoms with van der Waals surface area (Å²) in [5.74, 6) is -0.175. The van der Waals surface area contributed by atoms with Crippen LogP contribution in [0, 0.1) is 10.8 Å². The van der Waals surface area contributed by atoms with Gasteiger partial charge in [-0.25, -0.2) is 0 Å². The van der Waals surface area contributed by atoms with Gasteiger partial charge in [0.05, 0.1) is 0 Å². The monoisotopic (exact) mass is 347 g/mol. The number of hydrogen-bond donors (Lipinski definition) is 1. The lowest BCUT2D eigenvalue weighted by molar-refractivity contribution is -0.133. The van der Waals surface area contributed by atoms with E-state index in [1.54, 1.807) is 0 Å². The summed E-state index contributed by atoms with van der Waals surface area (Å²) in [4.78, 5) is 24.3. The first-order chi connectivity index (χ1) is 10.2. The second kappa shape index (κ2) is 8.43. The Morgan fingerprint density at radius 1 is 1.13 bits per heavy atom. The van der Waals surface area contributed by atoms with Gasteiger partial charge in [0.2, 0.25) is 5.91 Å². The maximum atomic E-state index is 12.4. The number of hydrogen-bond acceptors (Lipinski definition) is 4. The normalized spacial score (nSPS) is 14.4. The molecular weight excluding hydrogens is 313 g/mol. The average Bonchev–Trinajstić information content (AvgIpc) is 2.32. The van der Waals surface area contributed by atoms with Crippen molar-refractivity contribution >= 4 is 19.1 Å². The lowest BCUT2D eigenvalue weighted by Gasteiger charge is -2.33. The topological polar surface area (TPSA) is 72.5 Å². The molecule has 1 amide bonds. The van der Waals surface area contributed by atoms with Crippen LogP contribution >= 0.6 is 7.37 Å². The smallest absolute Gasteiger partial charge is 0.250 e. The van der Waals surface area contributed by atoms with Crippen LogP contribution in [0.5, 0.6) is 0 Å². The van der Waals surface area contributed by atoms with Gasteiger partial charge >= 0.3 is 0 Å². The molecule has 0 unspecified atom stereocenters. The molecule has 0 spiro atoms. The summed E-state index contributed by atoms with van der Waals surface area (Å²) in [7, 11) is -2.79. The zero-order valence-electron chi connectivity index (χ0n) is 16.0. The molecule has 0 fully saturated rings. The highest BCUT2D eigenvalue weighted by atomic mass is 31.2. The highest BCUT2D eigenvalue weighted by Crippen LogP contribution is 2.43. The van der Waals surface area contributed by atoms with E-state index in [1.807, 2.05) is 41.5 Å². The Morgan fingerprint density at radius 2 is 1.65 bits per heavy atom. The number of ketones is 1. The molecule has 0 saturated heterocycles. The fraction of sp³-hybridized carbons (Fsp3) is 0.882. The predicted molar refractivity (Wildman–Crippen MR) is 95.1 cm³/mol. The van der Waals surface area contributed by atoms with E-state index in [0.29, 0.717) is 19.3 Å². The molecule has 0 rings (SSSR count). The molecule has 0 aliphatic rings. The number of carbonyl (C=O) groups excluding carboxylic acids is 2. The van der Waals surface area contributed by atoms with Gasteiger partial charge in [-0.1, -0.05) is 41.5 Å². The molecule has 6 heteroatoms. The summed E-state index contributed by atoms with van der Waals surface area (Å²) in [6.45, 7) is 15.1. The summed E-state index contributed by atoms with van der Waals surface area (Å²) in [5.41, 5.74) is -0.477. The molecule has 0 aromatic rings. The van der Waals surface area contributed by atoms with Gasteiger partial charge in [-0.2, -0.15) is 0 Å². The third kappa shape index (κ3) is 9.93. The van der Waals surface area contributed by atoms with Crippen molar-refractivity contribution in [3.63, 3.8) is 0 Å². The molecule has 0 bridgehead atoms. The van der Waals surface area contributed by atoms with E-state index < -0.39 is 18.9 Å². The summed E-state index contributed by atoms with van der Waals surface area (Å²) in [6.07, 6.45) is 0.722. The second-order valence-electron chi connectivity index (χ2n) is 8.40. The van der Waals surface area contributed by atoms with Crippen LogP contribution in [-0.2, 0) is 18.7 Å². The van der Waals surface area contributed by atoms with E-state index in [1.165, 1.54) is 13.3 Å². The van der Waals surface area contributed by atoms with Crippen molar-refractivity contribution in [2.75, 3.05) is 19.9 Å². The fourth-order valence-electron chi connectivity index (χ4n) is 2.08. The van der Waals surface area contributed by atoms with Crippen LogP contribution in [0.15, 0.2) is 0 Å². The van der Waals surface area contributed by atoms with Gasteiger partial charge in [0.1, 0.15) is 11.9 Å². The molecule has 0 aromatic carbocycles. The van der Waals surface area contributed by atoms with Gasteiger partial charge in [0.15, 0.2) is 7.37 Å². The molecule has 0 saturated carbocycles. The van der Waals surface area contributed by atoms with Gasteiger partial charge in [-0.3, -0.25) is 14.2 Å². The number of Topliss-reactive ketones (excluding diaryl/α,β-unsaturated/α-hetero) is 1. The van der Waals surface area contributed by atoms with Crippen LogP contribution < -0.4 is 5.32 Å². The molecule has 0 radical (unpaired) electrons. The highest BCUT2D eigenvalue weighted by Gasteiger charge is 2.37. The van der Waals surface area contributed by atoms with Gasteiger partial charge < -0.3 is 9.84 Å². The minimum Gasteiger partial charge on any atom is -0.353 e. The first kappa shape index (κ1) is 22.3. The molecule has 23 heavy (non-hydrogen) atoms. The fourth-order valence-corrected chi connectivity index (χ4v) is 2.97. The minimum atomic E-state index is -2.79. The van der Waals surface area contributed by atoms with Crippen molar-refractivity contribution < 1.29 is 18.7 Å². The van der Waals surface area contributed by atoms with E-state index in [-0.39, 0.29) is 23.7 Å². The second-order valence-corrected chi connectivity index (χ2v) is 11.1. The van der Waals surface area contributed by atoms with E-state index in [2.05, 4.69) is 5.32 Å². The zero-order chi connectivity index (χ0) is 18.5. The first-order valence-corrected chi connectivity index (χ1v) is 10.7. The number of amides is 1. The van der Waals surface area contributed by atoms with Crippen LogP contribution in [0.4, 0.5) is 0 Å². The molecule has 0 aliphatic carbocycles. The lowest BCUT2D eigenvalue weighted by atomic mass is 9.83. The molecule has 1 atom stereocenters. The third-order valence-electron chi connectivity index (χ3n) is 3.65. The number of rotatable bonds is 9. The van der Waals surface area contributed by atoms with Crippen LogP contribution in [0.3, 0.4) is 0 Å². The largest absolute Gasteiger partial charge is 0.353 e. The molecule has 0 heterocycles. The van der Waals surface area contributed by atoms with E-state index in [9.17, 15) is 14.2 Å². The SMILES string of the molecule is CCC(C)(C)[C@@H](OP(C)(C)=O)C(=O)NCCC(=O)CC(C)(C)C. The van der Waals surface area contributed by atoms with E-state index in [0.717, 1.165) is 0 Å². The van der Waals surface area contributed by atoms with Crippen LogP contribution in [-0.4, -0.2) is 37.7 Å². The maximum absolute atomic E-state index is 12.4. The van der Waals surface area contributed by atoms with Crippen LogP contribution in [0.1, 0.15) is 60.8 Å². The lowest BCUT2D eigenvalue weighted by Crippen LogP contribution is -2.45. The first-order valence-electron chi connectivity index (χ1n) is 8.21. The van der Waals surface area contributed by atoms with Crippen molar-refractivity contribution in [2.24, 2.45) is 10.8 Å². The Bertz CT molecular complexity index is 460. The third-order valence-corrected chi connectivity index (χ3v) is 4.37. The summed E-state index contributed by atoms with van der Waals surface area (Å²) in [5, 5.41) is 2.76. The van der Waals surface area contributed by atoms with Gasteiger partial charge in [-0.15, -0.1) is 0 Å². The van der Waals surface area contributed by atoms with Gasteiger partial charge in [0.25, 0.3) is 0 Å². The molecule has 1 N–H and O–H groups in total. The predicted octanol–water partition coefficient (Wildman–Crippen LogP) is 3.86. The van der Waals surface area contributed by atoms with Crippen LogP contribution in [0.25, 0.3) is 0 Å². The number of nitrogens with one attached hydrogen (secondary N) is 1. The van der Waals surface area contributed by atoms with Crippen molar-refractivity contribution in [1.82, 2.24) is 5.32 Å². The van der Waals surface area contributed by atoms with Crippen LogP contribution in [0.2, 0.25) is 0 Å². The Morgan fingerprint density at radius 3 is 2.04 bits per heavy atom. The molecular formula is C17H34NO4P. The maximum Gasteiger partial charge on any atom is 0.250 e. The van der Waals surface area contributed by atoms with Crippen molar-refractivity contribution in [3.8, 4) is 0 Å². The van der Waals surface area contributed by atoms with E-state index in [4.69, 9.17) is 4.52 Å². The minimum absolute atomic E-state index is 0.0476. The van der Waals surface area contributed by atoms with Gasteiger partial charge in [0, 0.05) is 38.1 Å². The van der Waals surface area contributed by atoms with E-state index >= 15 is 0 Å². The van der Waals surface area contributed by atoms with Gasteiger partial charge in [-0.05, 0) is 11.8 Å². The molecule has 0 aromatic heterocycles.